The molecule has 0 heterocycles. The average Bonchev–Trinajstić information content (AvgIpc) is 2.36. The number of anilines is 1. The highest BCUT2D eigenvalue weighted by atomic mass is 79.9. The third-order valence-corrected chi connectivity index (χ3v) is 3.00. The van der Waals surface area contributed by atoms with Gasteiger partial charge >= 0.3 is 5.97 Å². The Morgan fingerprint density at radius 1 is 1.44 bits per heavy atom. The highest BCUT2D eigenvalue weighted by Gasteiger charge is 2.10. The van der Waals surface area contributed by atoms with Gasteiger partial charge in [0.25, 0.3) is 5.91 Å². The lowest BCUT2D eigenvalue weighted by Gasteiger charge is -2.07. The molecule has 0 bridgehead atoms. The summed E-state index contributed by atoms with van der Waals surface area (Å²) in [5.74, 6) is -0.506. The Balaban J connectivity index is 2.46. The van der Waals surface area contributed by atoms with E-state index in [1.165, 1.54) is 7.11 Å². The van der Waals surface area contributed by atoms with E-state index in [9.17, 15) is 9.59 Å². The molecule has 1 amide bonds. The third kappa shape index (κ3) is 4.37. The van der Waals surface area contributed by atoms with Crippen LogP contribution in [0.15, 0.2) is 22.7 Å². The van der Waals surface area contributed by atoms with Crippen molar-refractivity contribution in [3.05, 3.63) is 28.2 Å². The largest absolute Gasteiger partial charge is 0.469 e. The third-order valence-electron chi connectivity index (χ3n) is 2.31. The molecule has 3 N–H and O–H groups in total. The van der Waals surface area contributed by atoms with Crippen molar-refractivity contribution in [3.8, 4) is 0 Å². The van der Waals surface area contributed by atoms with Crippen molar-refractivity contribution in [1.82, 2.24) is 5.32 Å². The van der Waals surface area contributed by atoms with E-state index in [0.29, 0.717) is 28.7 Å². The topological polar surface area (TPSA) is 81.4 Å². The molecule has 6 heteroatoms. The van der Waals surface area contributed by atoms with Crippen LogP contribution in [-0.4, -0.2) is 25.5 Å². The van der Waals surface area contributed by atoms with Crippen LogP contribution in [0.4, 0.5) is 5.69 Å². The summed E-state index contributed by atoms with van der Waals surface area (Å²) < 4.78 is 5.18. The molecular weight excluding hydrogens is 300 g/mol. The van der Waals surface area contributed by atoms with E-state index in [-0.39, 0.29) is 18.3 Å². The van der Waals surface area contributed by atoms with Crippen molar-refractivity contribution in [2.45, 2.75) is 12.8 Å². The lowest BCUT2D eigenvalue weighted by Crippen LogP contribution is -2.25. The fraction of sp³-hybridized carbons (Fsp3) is 0.333. The molecular formula is C12H15BrN2O3. The normalized spacial score (nSPS) is 9.89. The fourth-order valence-electron chi connectivity index (χ4n) is 1.35. The quantitative estimate of drug-likeness (QED) is 0.492. The number of esters is 1. The van der Waals surface area contributed by atoms with Gasteiger partial charge in [-0.25, -0.2) is 0 Å². The lowest BCUT2D eigenvalue weighted by atomic mass is 10.2. The molecule has 0 saturated heterocycles. The van der Waals surface area contributed by atoms with E-state index < -0.39 is 0 Å². The molecule has 1 aromatic carbocycles. The number of hydrogen-bond acceptors (Lipinski definition) is 4. The number of benzene rings is 1. The standard InChI is InChI=1S/C12H15BrN2O3/c1-18-11(16)3-2-6-15-12(17)9-7-8(14)4-5-10(9)13/h4-5,7H,2-3,6,14H2,1H3,(H,15,17). The zero-order valence-electron chi connectivity index (χ0n) is 10.0. The molecule has 18 heavy (non-hydrogen) atoms. The minimum Gasteiger partial charge on any atom is -0.469 e. The molecule has 0 aliphatic heterocycles. The van der Waals surface area contributed by atoms with Gasteiger partial charge < -0.3 is 15.8 Å². The Labute approximate surface area is 114 Å². The number of ether oxygens (including phenoxy) is 1. The molecule has 1 aromatic rings. The molecule has 0 atom stereocenters. The summed E-state index contributed by atoms with van der Waals surface area (Å²) in [5.41, 5.74) is 6.62. The van der Waals surface area contributed by atoms with Gasteiger partial charge in [0.1, 0.15) is 0 Å². The average molecular weight is 315 g/mol. The summed E-state index contributed by atoms with van der Waals surface area (Å²) >= 11 is 3.28. The van der Waals surface area contributed by atoms with E-state index in [1.54, 1.807) is 18.2 Å². The molecule has 0 fully saturated rings. The van der Waals surface area contributed by atoms with Crippen molar-refractivity contribution in [1.29, 1.82) is 0 Å². The first-order valence-electron chi connectivity index (χ1n) is 5.44. The predicted molar refractivity (Wildman–Crippen MR) is 72.1 cm³/mol. The van der Waals surface area contributed by atoms with Crippen LogP contribution < -0.4 is 11.1 Å². The van der Waals surface area contributed by atoms with Gasteiger partial charge in [-0.3, -0.25) is 9.59 Å². The van der Waals surface area contributed by atoms with Crippen LogP contribution in [0.1, 0.15) is 23.2 Å². The number of amides is 1. The van der Waals surface area contributed by atoms with Gasteiger partial charge in [0.05, 0.1) is 12.7 Å². The van der Waals surface area contributed by atoms with Crippen molar-refractivity contribution in [3.63, 3.8) is 0 Å². The molecule has 0 unspecified atom stereocenters. The Morgan fingerprint density at radius 2 is 2.17 bits per heavy atom. The number of methoxy groups -OCH3 is 1. The predicted octanol–water partition coefficient (Wildman–Crippen LogP) is 1.71. The molecule has 98 valence electrons. The monoisotopic (exact) mass is 314 g/mol. The summed E-state index contributed by atoms with van der Waals surface area (Å²) in [4.78, 5) is 22.7. The van der Waals surface area contributed by atoms with Crippen molar-refractivity contribution in [2.24, 2.45) is 0 Å². The Kier molecular flexibility index (Phi) is 5.64. The Morgan fingerprint density at radius 3 is 2.83 bits per heavy atom. The number of carbonyl (C=O) groups is 2. The highest BCUT2D eigenvalue weighted by molar-refractivity contribution is 9.10. The van der Waals surface area contributed by atoms with Crippen molar-refractivity contribution >= 4 is 33.5 Å². The maximum Gasteiger partial charge on any atom is 0.305 e. The summed E-state index contributed by atoms with van der Waals surface area (Å²) in [6.07, 6.45) is 0.827. The molecule has 1 rings (SSSR count). The number of halogens is 1. The number of nitrogen functional groups attached to an aromatic ring is 1. The second-order valence-corrected chi connectivity index (χ2v) is 4.53. The van der Waals surface area contributed by atoms with Gasteiger partial charge in [0.15, 0.2) is 0 Å². The van der Waals surface area contributed by atoms with Crippen LogP contribution in [0.5, 0.6) is 0 Å². The van der Waals surface area contributed by atoms with Crippen molar-refractivity contribution < 1.29 is 14.3 Å². The molecule has 0 aliphatic rings. The maximum absolute atomic E-state index is 11.8. The zero-order chi connectivity index (χ0) is 13.5. The van der Waals surface area contributed by atoms with Gasteiger partial charge in [-0.05, 0) is 40.5 Å². The van der Waals surface area contributed by atoms with Gasteiger partial charge in [-0.1, -0.05) is 0 Å². The van der Waals surface area contributed by atoms with Crippen LogP contribution in [0.25, 0.3) is 0 Å². The maximum atomic E-state index is 11.8. The van der Waals surface area contributed by atoms with Gasteiger partial charge in [-0.15, -0.1) is 0 Å². The van der Waals surface area contributed by atoms with Crippen molar-refractivity contribution in [2.75, 3.05) is 19.4 Å². The number of hydrogen-bond donors (Lipinski definition) is 2. The van der Waals surface area contributed by atoms with Crippen LogP contribution >= 0.6 is 15.9 Å². The minimum atomic E-state index is -0.283. The lowest BCUT2D eigenvalue weighted by molar-refractivity contribution is -0.140. The molecule has 0 aliphatic carbocycles. The Hall–Kier alpha value is -1.56. The second-order valence-electron chi connectivity index (χ2n) is 3.67. The smallest absolute Gasteiger partial charge is 0.305 e. The number of nitrogens with one attached hydrogen (secondary N) is 1. The Bertz CT molecular complexity index is 449. The number of rotatable bonds is 5. The summed E-state index contributed by atoms with van der Waals surface area (Å²) in [5, 5.41) is 2.71. The number of carbonyl (C=O) groups excluding carboxylic acids is 2. The van der Waals surface area contributed by atoms with Gasteiger partial charge in [0, 0.05) is 23.1 Å². The van der Waals surface area contributed by atoms with Crippen LogP contribution in [0.2, 0.25) is 0 Å². The molecule has 5 nitrogen and oxygen atoms in total. The molecule has 0 aromatic heterocycles. The van der Waals surface area contributed by atoms with Gasteiger partial charge in [0.2, 0.25) is 0 Å². The van der Waals surface area contributed by atoms with E-state index in [1.807, 2.05) is 0 Å². The summed E-state index contributed by atoms with van der Waals surface area (Å²) in [6.45, 7) is 0.412. The first-order valence-corrected chi connectivity index (χ1v) is 6.24. The second kappa shape index (κ2) is 7.00. The summed E-state index contributed by atoms with van der Waals surface area (Å²) in [7, 11) is 1.34. The summed E-state index contributed by atoms with van der Waals surface area (Å²) in [6, 6.07) is 5.02. The van der Waals surface area contributed by atoms with Crippen LogP contribution in [0, 0.1) is 0 Å². The number of nitrogens with two attached hydrogens (primary N) is 1. The van der Waals surface area contributed by atoms with Gasteiger partial charge in [-0.2, -0.15) is 0 Å². The minimum absolute atomic E-state index is 0.223. The van der Waals surface area contributed by atoms with E-state index >= 15 is 0 Å². The SMILES string of the molecule is COC(=O)CCCNC(=O)c1cc(N)ccc1Br. The first kappa shape index (κ1) is 14.5. The van der Waals surface area contributed by atoms with E-state index in [4.69, 9.17) is 5.73 Å². The molecule has 0 spiro atoms. The van der Waals surface area contributed by atoms with E-state index in [2.05, 4.69) is 26.0 Å². The van der Waals surface area contributed by atoms with Crippen LogP contribution in [0.3, 0.4) is 0 Å². The molecule has 0 saturated carbocycles. The van der Waals surface area contributed by atoms with E-state index in [0.717, 1.165) is 0 Å². The van der Waals surface area contributed by atoms with Crippen LogP contribution in [-0.2, 0) is 9.53 Å². The first-order chi connectivity index (χ1) is 8.54. The fourth-order valence-corrected chi connectivity index (χ4v) is 1.78. The zero-order valence-corrected chi connectivity index (χ0v) is 11.6. The highest BCUT2D eigenvalue weighted by Crippen LogP contribution is 2.19. The molecule has 0 radical (unpaired) electrons.